The summed E-state index contributed by atoms with van der Waals surface area (Å²) in [4.78, 5) is 17.1. The number of amides is 1. The van der Waals surface area contributed by atoms with Crippen LogP contribution in [-0.2, 0) is 4.79 Å². The van der Waals surface area contributed by atoms with Crippen LogP contribution >= 0.6 is 0 Å². The maximum atomic E-state index is 12.3. The number of nitrogens with zero attached hydrogens (tertiary/aromatic N) is 2. The Morgan fingerprint density at radius 1 is 1.04 bits per heavy atom. The van der Waals surface area contributed by atoms with E-state index in [0.29, 0.717) is 5.92 Å². The van der Waals surface area contributed by atoms with E-state index >= 15 is 0 Å². The molecule has 1 saturated carbocycles. The molecule has 3 nitrogen and oxygen atoms in total. The molecule has 3 aliphatic rings. The molecule has 0 N–H and O–H groups in total. The van der Waals surface area contributed by atoms with E-state index in [1.807, 2.05) is 6.08 Å². The lowest BCUT2D eigenvalue weighted by Gasteiger charge is -2.24. The number of carbonyl (C=O) groups is 1. The quantitative estimate of drug-likeness (QED) is 0.740. The van der Waals surface area contributed by atoms with Crippen LogP contribution in [0.4, 0.5) is 0 Å². The van der Waals surface area contributed by atoms with Gasteiger partial charge in [0.05, 0.1) is 0 Å². The fourth-order valence-corrected chi connectivity index (χ4v) is 4.70. The smallest absolute Gasteiger partial charge is 0.246 e. The molecule has 0 spiro atoms. The first-order valence-corrected chi connectivity index (χ1v) is 9.81. The highest BCUT2D eigenvalue weighted by atomic mass is 16.2. The molecule has 2 atom stereocenters. The molecule has 2 saturated heterocycles. The zero-order chi connectivity index (χ0) is 16.2. The van der Waals surface area contributed by atoms with Gasteiger partial charge in [-0.05, 0) is 68.5 Å². The number of rotatable bonds is 4. The second-order valence-electron chi connectivity index (χ2n) is 8.39. The monoisotopic (exact) mass is 318 g/mol. The van der Waals surface area contributed by atoms with Crippen molar-refractivity contribution < 1.29 is 4.79 Å². The summed E-state index contributed by atoms with van der Waals surface area (Å²) in [5.41, 5.74) is 0. The Morgan fingerprint density at radius 2 is 1.65 bits per heavy atom. The van der Waals surface area contributed by atoms with E-state index in [9.17, 15) is 4.79 Å². The van der Waals surface area contributed by atoms with Crippen molar-refractivity contribution in [1.29, 1.82) is 0 Å². The van der Waals surface area contributed by atoms with Gasteiger partial charge < -0.3 is 9.80 Å². The molecule has 2 aliphatic heterocycles. The van der Waals surface area contributed by atoms with E-state index in [0.717, 1.165) is 30.8 Å². The zero-order valence-corrected chi connectivity index (χ0v) is 15.0. The van der Waals surface area contributed by atoms with Gasteiger partial charge in [-0.25, -0.2) is 0 Å². The molecular formula is C20H34N2O. The summed E-state index contributed by atoms with van der Waals surface area (Å²) in [6.07, 6.45) is 12.2. The third-order valence-electron chi connectivity index (χ3n) is 6.14. The average Bonchev–Trinajstić information content (AvgIpc) is 3.13. The molecule has 23 heavy (non-hydrogen) atoms. The number of likely N-dealkylation sites (tertiary alicyclic amines) is 2. The lowest BCUT2D eigenvalue weighted by Crippen LogP contribution is -2.32. The highest BCUT2D eigenvalue weighted by Crippen LogP contribution is 2.33. The van der Waals surface area contributed by atoms with Crippen LogP contribution in [0.1, 0.15) is 52.4 Å². The maximum Gasteiger partial charge on any atom is 0.246 e. The van der Waals surface area contributed by atoms with E-state index < -0.39 is 0 Å². The molecule has 0 aromatic heterocycles. The molecule has 2 heterocycles. The standard InChI is InChI=1S/C20H34N2O/c1-16(2)7-8-20(23)22-14-18-9-11-21(12-10-19(18)15-22)13-17-5-3-4-6-17/h7-8,16-19H,3-6,9-15H2,1-2H3/b8-7+/t18-,19+. The predicted octanol–water partition coefficient (Wildman–Crippen LogP) is 3.56. The average molecular weight is 319 g/mol. The van der Waals surface area contributed by atoms with Crippen LogP contribution < -0.4 is 0 Å². The van der Waals surface area contributed by atoms with Crippen molar-refractivity contribution in [2.75, 3.05) is 32.7 Å². The highest BCUT2D eigenvalue weighted by Gasteiger charge is 2.36. The molecule has 3 rings (SSSR count). The van der Waals surface area contributed by atoms with E-state index in [4.69, 9.17) is 0 Å². The molecule has 0 aromatic carbocycles. The number of allylic oxidation sites excluding steroid dienone is 1. The fraction of sp³-hybridized carbons (Fsp3) is 0.850. The van der Waals surface area contributed by atoms with Crippen LogP contribution in [0.2, 0.25) is 0 Å². The minimum Gasteiger partial charge on any atom is -0.339 e. The largest absolute Gasteiger partial charge is 0.339 e. The molecule has 0 unspecified atom stereocenters. The zero-order valence-electron chi connectivity index (χ0n) is 15.0. The van der Waals surface area contributed by atoms with Crippen molar-refractivity contribution >= 4 is 5.91 Å². The Bertz CT molecular complexity index is 409. The second kappa shape index (κ2) is 7.83. The molecule has 3 fully saturated rings. The molecule has 0 bridgehead atoms. The Morgan fingerprint density at radius 3 is 2.22 bits per heavy atom. The Kier molecular flexibility index (Phi) is 5.79. The van der Waals surface area contributed by atoms with Crippen LogP contribution in [0.3, 0.4) is 0 Å². The summed E-state index contributed by atoms with van der Waals surface area (Å²) in [7, 11) is 0. The molecule has 0 radical (unpaired) electrons. The minimum atomic E-state index is 0.231. The normalized spacial score (nSPS) is 30.3. The maximum absolute atomic E-state index is 12.3. The number of carbonyl (C=O) groups excluding carboxylic acids is 1. The minimum absolute atomic E-state index is 0.231. The summed E-state index contributed by atoms with van der Waals surface area (Å²) in [6, 6.07) is 0. The van der Waals surface area contributed by atoms with Crippen LogP contribution in [0, 0.1) is 23.7 Å². The van der Waals surface area contributed by atoms with Gasteiger partial charge in [0.1, 0.15) is 0 Å². The summed E-state index contributed by atoms with van der Waals surface area (Å²) < 4.78 is 0. The van der Waals surface area contributed by atoms with Crippen molar-refractivity contribution in [3.8, 4) is 0 Å². The Labute approximate surface area is 142 Å². The van der Waals surface area contributed by atoms with Crippen molar-refractivity contribution in [3.05, 3.63) is 12.2 Å². The van der Waals surface area contributed by atoms with Crippen molar-refractivity contribution in [2.45, 2.75) is 52.4 Å². The highest BCUT2D eigenvalue weighted by molar-refractivity contribution is 5.87. The van der Waals surface area contributed by atoms with E-state index in [1.165, 1.54) is 58.2 Å². The molecule has 3 heteroatoms. The van der Waals surface area contributed by atoms with Crippen LogP contribution in [-0.4, -0.2) is 48.4 Å². The van der Waals surface area contributed by atoms with Gasteiger partial charge in [-0.2, -0.15) is 0 Å². The van der Waals surface area contributed by atoms with E-state index in [2.05, 4.69) is 23.6 Å². The third-order valence-corrected chi connectivity index (χ3v) is 6.14. The summed E-state index contributed by atoms with van der Waals surface area (Å²) >= 11 is 0. The summed E-state index contributed by atoms with van der Waals surface area (Å²) in [5.74, 6) is 3.12. The Balaban J connectivity index is 1.47. The number of hydrogen-bond donors (Lipinski definition) is 0. The van der Waals surface area contributed by atoms with Gasteiger partial charge in [0, 0.05) is 19.6 Å². The Hall–Kier alpha value is -0.830. The number of fused-ring (bicyclic) bond motifs is 1. The van der Waals surface area contributed by atoms with Crippen LogP contribution in [0.25, 0.3) is 0 Å². The van der Waals surface area contributed by atoms with Crippen LogP contribution in [0.5, 0.6) is 0 Å². The first-order chi connectivity index (χ1) is 11.1. The van der Waals surface area contributed by atoms with Crippen LogP contribution in [0.15, 0.2) is 12.2 Å². The first-order valence-electron chi connectivity index (χ1n) is 9.81. The summed E-state index contributed by atoms with van der Waals surface area (Å²) in [6.45, 7) is 10.1. The van der Waals surface area contributed by atoms with Gasteiger partial charge in [-0.3, -0.25) is 4.79 Å². The van der Waals surface area contributed by atoms with Gasteiger partial charge >= 0.3 is 0 Å². The molecular weight excluding hydrogens is 284 g/mol. The predicted molar refractivity (Wildman–Crippen MR) is 95.2 cm³/mol. The van der Waals surface area contributed by atoms with Crippen molar-refractivity contribution in [2.24, 2.45) is 23.7 Å². The number of hydrogen-bond acceptors (Lipinski definition) is 2. The van der Waals surface area contributed by atoms with E-state index in [-0.39, 0.29) is 5.91 Å². The first kappa shape index (κ1) is 17.0. The second-order valence-corrected chi connectivity index (χ2v) is 8.39. The fourth-order valence-electron chi connectivity index (χ4n) is 4.70. The lowest BCUT2D eigenvalue weighted by atomic mass is 9.92. The van der Waals surface area contributed by atoms with Gasteiger partial charge in [0.15, 0.2) is 0 Å². The molecule has 1 aliphatic carbocycles. The van der Waals surface area contributed by atoms with Gasteiger partial charge in [-0.15, -0.1) is 0 Å². The summed E-state index contributed by atoms with van der Waals surface area (Å²) in [5, 5.41) is 0. The third kappa shape index (κ3) is 4.59. The van der Waals surface area contributed by atoms with Gasteiger partial charge in [0.2, 0.25) is 5.91 Å². The topological polar surface area (TPSA) is 23.6 Å². The molecule has 1 amide bonds. The molecule has 130 valence electrons. The lowest BCUT2D eigenvalue weighted by molar-refractivity contribution is -0.125. The molecule has 0 aromatic rings. The van der Waals surface area contributed by atoms with Crippen molar-refractivity contribution in [1.82, 2.24) is 9.80 Å². The van der Waals surface area contributed by atoms with Crippen molar-refractivity contribution in [3.63, 3.8) is 0 Å². The SMILES string of the molecule is CC(C)/C=C/C(=O)N1C[C@H]2CCN(CC3CCCC3)CC[C@H]2C1. The van der Waals surface area contributed by atoms with E-state index in [1.54, 1.807) is 6.08 Å². The van der Waals surface area contributed by atoms with Gasteiger partial charge in [0.25, 0.3) is 0 Å². The van der Waals surface area contributed by atoms with Gasteiger partial charge in [-0.1, -0.05) is 32.8 Å².